The summed E-state index contributed by atoms with van der Waals surface area (Å²) in [6.45, 7) is 5.70. The summed E-state index contributed by atoms with van der Waals surface area (Å²) in [5, 5.41) is 4.66. The summed E-state index contributed by atoms with van der Waals surface area (Å²) >= 11 is 5.89. The van der Waals surface area contributed by atoms with Gasteiger partial charge >= 0.3 is 0 Å². The third-order valence-corrected chi connectivity index (χ3v) is 5.27. The lowest BCUT2D eigenvalue weighted by molar-refractivity contribution is -0.134. The molecule has 0 spiro atoms. The topological polar surface area (TPSA) is 85.2 Å². The van der Waals surface area contributed by atoms with E-state index in [2.05, 4.69) is 24.0 Å². The largest absolute Gasteiger partial charge is 0.342 e. The molecule has 148 valence electrons. The molecule has 6 nitrogen and oxygen atoms in total. The van der Waals surface area contributed by atoms with Gasteiger partial charge in [-0.3, -0.25) is 4.79 Å². The Bertz CT molecular complexity index is 761. The lowest BCUT2D eigenvalue weighted by atomic mass is 9.79. The zero-order valence-corrected chi connectivity index (χ0v) is 17.2. The molecule has 2 aromatic rings. The van der Waals surface area contributed by atoms with Crippen molar-refractivity contribution in [2.75, 3.05) is 13.1 Å². The first-order chi connectivity index (χ1) is 12.3. The fourth-order valence-corrected chi connectivity index (χ4v) is 3.33. The zero-order valence-electron chi connectivity index (χ0n) is 15.7. The van der Waals surface area contributed by atoms with Gasteiger partial charge in [-0.15, -0.1) is 12.4 Å². The van der Waals surface area contributed by atoms with Crippen LogP contribution in [0.2, 0.25) is 5.02 Å². The van der Waals surface area contributed by atoms with Crippen LogP contribution in [0.4, 0.5) is 0 Å². The van der Waals surface area contributed by atoms with E-state index in [1.807, 2.05) is 17.0 Å². The van der Waals surface area contributed by atoms with Crippen LogP contribution >= 0.6 is 24.0 Å². The van der Waals surface area contributed by atoms with Gasteiger partial charge in [0.05, 0.1) is 0 Å². The van der Waals surface area contributed by atoms with Gasteiger partial charge in [0.1, 0.15) is 0 Å². The van der Waals surface area contributed by atoms with Crippen LogP contribution in [0.3, 0.4) is 0 Å². The number of hydrogen-bond acceptors (Lipinski definition) is 5. The van der Waals surface area contributed by atoms with Crippen molar-refractivity contribution in [3.8, 4) is 11.4 Å². The molecule has 1 aliphatic heterocycles. The van der Waals surface area contributed by atoms with Crippen LogP contribution in [0.1, 0.15) is 39.0 Å². The Hall–Kier alpha value is -1.63. The molecule has 0 saturated carbocycles. The summed E-state index contributed by atoms with van der Waals surface area (Å²) in [5.74, 6) is 1.25. The first-order valence-electron chi connectivity index (χ1n) is 8.97. The minimum atomic E-state index is -0.0339. The highest BCUT2D eigenvalue weighted by Crippen LogP contribution is 2.28. The first-order valence-corrected chi connectivity index (χ1v) is 9.35. The average Bonchev–Trinajstić information content (AvgIpc) is 3.06. The van der Waals surface area contributed by atoms with Crippen molar-refractivity contribution in [2.24, 2.45) is 11.1 Å². The average molecular weight is 413 g/mol. The Morgan fingerprint density at radius 2 is 2.07 bits per heavy atom. The molecule has 27 heavy (non-hydrogen) atoms. The van der Waals surface area contributed by atoms with Gasteiger partial charge in [-0.05, 0) is 42.5 Å². The summed E-state index contributed by atoms with van der Waals surface area (Å²) in [7, 11) is 0. The smallest absolute Gasteiger partial charge is 0.226 e. The van der Waals surface area contributed by atoms with E-state index < -0.39 is 0 Å². The third-order valence-electron chi connectivity index (χ3n) is 5.02. The number of likely N-dealkylation sites (tertiary alicyclic amines) is 1. The van der Waals surface area contributed by atoms with Gasteiger partial charge in [0.2, 0.25) is 17.6 Å². The highest BCUT2D eigenvalue weighted by molar-refractivity contribution is 6.30. The normalized spacial score (nSPS) is 18.8. The van der Waals surface area contributed by atoms with Crippen molar-refractivity contribution in [3.63, 3.8) is 0 Å². The maximum Gasteiger partial charge on any atom is 0.226 e. The molecule has 0 aliphatic carbocycles. The monoisotopic (exact) mass is 412 g/mol. The quantitative estimate of drug-likeness (QED) is 0.808. The van der Waals surface area contributed by atoms with Gasteiger partial charge in [0.25, 0.3) is 0 Å². The number of aryl methyl sites for hydroxylation is 1. The molecule has 1 fully saturated rings. The van der Waals surface area contributed by atoms with Crippen LogP contribution in [0.15, 0.2) is 28.8 Å². The molecule has 3 rings (SSSR count). The molecule has 1 aliphatic rings. The molecule has 1 amide bonds. The molecule has 1 aromatic carbocycles. The second kappa shape index (κ2) is 9.04. The highest BCUT2D eigenvalue weighted by Gasteiger charge is 2.35. The van der Waals surface area contributed by atoms with Crippen molar-refractivity contribution in [2.45, 2.75) is 45.6 Å². The summed E-state index contributed by atoms with van der Waals surface area (Å²) in [6, 6.07) is 7.43. The number of aromatic nitrogens is 2. The van der Waals surface area contributed by atoms with Gasteiger partial charge in [-0.1, -0.05) is 30.6 Å². The summed E-state index contributed by atoms with van der Waals surface area (Å²) in [6.07, 6.45) is 2.60. The Morgan fingerprint density at radius 1 is 1.37 bits per heavy atom. The van der Waals surface area contributed by atoms with Crippen molar-refractivity contribution < 1.29 is 9.32 Å². The standard InChI is InChI=1S/C19H25ClN4O2.ClH/c1-19(2)12-24(11-10-15(19)21)17(25)5-3-4-16-22-18(23-26-16)13-6-8-14(20)9-7-13;/h6-9,15H,3-5,10-12,21H2,1-2H3;1H. The Kier molecular flexibility index (Phi) is 7.25. The molecule has 0 bridgehead atoms. The van der Waals surface area contributed by atoms with Gasteiger partial charge < -0.3 is 15.2 Å². The number of benzene rings is 1. The zero-order chi connectivity index (χ0) is 18.7. The molecular formula is C19H26Cl2N4O2. The van der Waals surface area contributed by atoms with Crippen molar-refractivity contribution >= 4 is 29.9 Å². The van der Waals surface area contributed by atoms with E-state index in [4.69, 9.17) is 21.9 Å². The van der Waals surface area contributed by atoms with Crippen LogP contribution in [0.25, 0.3) is 11.4 Å². The maximum atomic E-state index is 12.4. The SMILES string of the molecule is CC1(C)CN(C(=O)CCCc2nc(-c3ccc(Cl)cc3)no2)CCC1N.Cl. The lowest BCUT2D eigenvalue weighted by Crippen LogP contribution is -2.53. The van der Waals surface area contributed by atoms with Gasteiger partial charge in [-0.25, -0.2) is 0 Å². The number of piperidine rings is 1. The molecular weight excluding hydrogens is 387 g/mol. The van der Waals surface area contributed by atoms with E-state index in [-0.39, 0.29) is 29.8 Å². The number of nitrogens with two attached hydrogens (primary N) is 1. The number of hydrogen-bond donors (Lipinski definition) is 1. The molecule has 1 aromatic heterocycles. The van der Waals surface area contributed by atoms with E-state index in [1.54, 1.807) is 12.1 Å². The number of halogens is 2. The minimum absolute atomic E-state index is 0. The number of rotatable bonds is 5. The number of nitrogens with zero attached hydrogens (tertiary/aromatic N) is 3. The Morgan fingerprint density at radius 3 is 2.74 bits per heavy atom. The van der Waals surface area contributed by atoms with Crippen LogP contribution < -0.4 is 5.73 Å². The van der Waals surface area contributed by atoms with E-state index in [0.717, 1.165) is 18.5 Å². The number of carbonyl (C=O) groups excluding carboxylic acids is 1. The maximum absolute atomic E-state index is 12.4. The fraction of sp³-hybridized carbons (Fsp3) is 0.526. The third kappa shape index (κ3) is 5.43. The van der Waals surface area contributed by atoms with E-state index in [0.29, 0.717) is 42.5 Å². The van der Waals surface area contributed by atoms with E-state index in [1.165, 1.54) is 0 Å². The molecule has 1 saturated heterocycles. The van der Waals surface area contributed by atoms with Gasteiger partial charge in [0.15, 0.2) is 0 Å². The summed E-state index contributed by atoms with van der Waals surface area (Å²) < 4.78 is 5.29. The van der Waals surface area contributed by atoms with Crippen LogP contribution in [0.5, 0.6) is 0 Å². The van der Waals surface area contributed by atoms with E-state index in [9.17, 15) is 4.79 Å². The lowest BCUT2D eigenvalue weighted by Gasteiger charge is -2.42. The molecule has 1 unspecified atom stereocenters. The molecule has 2 heterocycles. The predicted molar refractivity (Wildman–Crippen MR) is 108 cm³/mol. The van der Waals surface area contributed by atoms with Crippen molar-refractivity contribution in [1.29, 1.82) is 0 Å². The summed E-state index contributed by atoms with van der Waals surface area (Å²) in [4.78, 5) is 18.8. The fourth-order valence-electron chi connectivity index (χ4n) is 3.21. The molecule has 0 radical (unpaired) electrons. The molecule has 1 atom stereocenters. The van der Waals surface area contributed by atoms with Crippen LogP contribution in [-0.2, 0) is 11.2 Å². The number of carbonyl (C=O) groups is 1. The summed E-state index contributed by atoms with van der Waals surface area (Å²) in [5.41, 5.74) is 6.96. The van der Waals surface area contributed by atoms with Crippen LogP contribution in [-0.4, -0.2) is 40.1 Å². The molecule has 8 heteroatoms. The second-order valence-electron chi connectivity index (χ2n) is 7.57. The second-order valence-corrected chi connectivity index (χ2v) is 8.01. The Labute approximate surface area is 170 Å². The van der Waals surface area contributed by atoms with Gasteiger partial charge in [0, 0.05) is 42.6 Å². The van der Waals surface area contributed by atoms with E-state index >= 15 is 0 Å². The van der Waals surface area contributed by atoms with Crippen molar-refractivity contribution in [3.05, 3.63) is 35.2 Å². The highest BCUT2D eigenvalue weighted by atomic mass is 35.5. The number of amides is 1. The molecule has 2 N–H and O–H groups in total. The van der Waals surface area contributed by atoms with Crippen molar-refractivity contribution in [1.82, 2.24) is 15.0 Å². The predicted octanol–water partition coefficient (Wildman–Crippen LogP) is 3.72. The van der Waals surface area contributed by atoms with Gasteiger partial charge in [-0.2, -0.15) is 4.98 Å². The first kappa shape index (κ1) is 21.7. The minimum Gasteiger partial charge on any atom is -0.342 e. The Balaban J connectivity index is 0.00000261. The van der Waals surface area contributed by atoms with Crippen LogP contribution in [0, 0.1) is 5.41 Å².